The Labute approximate surface area is 103 Å². The molecule has 1 aromatic heterocycles. The summed E-state index contributed by atoms with van der Waals surface area (Å²) in [6.07, 6.45) is 3.00. The van der Waals surface area contributed by atoms with Crippen molar-refractivity contribution < 1.29 is 0 Å². The summed E-state index contributed by atoms with van der Waals surface area (Å²) in [5.74, 6) is 1.98. The van der Waals surface area contributed by atoms with Crippen LogP contribution < -0.4 is 5.32 Å². The molecule has 3 nitrogen and oxygen atoms in total. The topological polar surface area (TPSA) is 37.8 Å². The van der Waals surface area contributed by atoms with Crippen molar-refractivity contribution in [3.63, 3.8) is 0 Å². The maximum absolute atomic E-state index is 4.39. The molecular weight excluding hydrogens is 274 g/mol. The second-order valence-electron chi connectivity index (χ2n) is 3.74. The third kappa shape index (κ3) is 2.64. The number of aromatic nitrogens is 2. The molecule has 1 fully saturated rings. The lowest BCUT2D eigenvalue weighted by molar-refractivity contribution is 0.714. The van der Waals surface area contributed by atoms with Crippen molar-refractivity contribution in [3.8, 4) is 0 Å². The third-order valence-corrected chi connectivity index (χ3v) is 4.71. The number of nitrogens with one attached hydrogen (secondary N) is 1. The van der Waals surface area contributed by atoms with Gasteiger partial charge in [-0.25, -0.2) is 9.97 Å². The van der Waals surface area contributed by atoms with E-state index in [0.717, 1.165) is 16.1 Å². The van der Waals surface area contributed by atoms with Crippen LogP contribution in [-0.4, -0.2) is 27.0 Å². The van der Waals surface area contributed by atoms with Crippen molar-refractivity contribution in [1.29, 1.82) is 0 Å². The average molecular weight is 288 g/mol. The summed E-state index contributed by atoms with van der Waals surface area (Å²) in [5, 5.41) is 4.05. The first-order valence-corrected chi connectivity index (χ1v) is 6.88. The van der Waals surface area contributed by atoms with E-state index in [1.165, 1.54) is 12.2 Å². The van der Waals surface area contributed by atoms with Crippen molar-refractivity contribution in [1.82, 2.24) is 9.97 Å². The Morgan fingerprint density at radius 3 is 3.00 bits per heavy atom. The Morgan fingerprint density at radius 2 is 2.40 bits per heavy atom. The monoisotopic (exact) mass is 287 g/mol. The third-order valence-electron chi connectivity index (χ3n) is 2.61. The zero-order chi connectivity index (χ0) is 10.8. The van der Waals surface area contributed by atoms with Crippen LogP contribution in [0.5, 0.6) is 0 Å². The van der Waals surface area contributed by atoms with E-state index in [1.807, 2.05) is 18.7 Å². The van der Waals surface area contributed by atoms with Gasteiger partial charge in [0.05, 0.1) is 10.2 Å². The molecule has 5 heteroatoms. The lowest BCUT2D eigenvalue weighted by Gasteiger charge is -2.16. The van der Waals surface area contributed by atoms with E-state index < -0.39 is 0 Å². The summed E-state index contributed by atoms with van der Waals surface area (Å²) in [4.78, 5) is 8.65. The zero-order valence-corrected chi connectivity index (χ0v) is 11.2. The summed E-state index contributed by atoms with van der Waals surface area (Å²) in [7, 11) is 0. The molecule has 0 saturated carbocycles. The molecule has 82 valence electrons. The van der Waals surface area contributed by atoms with Crippen molar-refractivity contribution in [3.05, 3.63) is 16.4 Å². The number of halogens is 1. The predicted octanol–water partition coefficient (Wildman–Crippen LogP) is 2.85. The molecule has 2 unspecified atom stereocenters. The Morgan fingerprint density at radius 1 is 1.60 bits per heavy atom. The molecule has 1 N–H and O–H groups in total. The van der Waals surface area contributed by atoms with Gasteiger partial charge in [-0.15, -0.1) is 0 Å². The summed E-state index contributed by atoms with van der Waals surface area (Å²) in [6.45, 7) is 4.23. The average Bonchev–Trinajstić information content (AvgIpc) is 2.59. The van der Waals surface area contributed by atoms with Crippen LogP contribution in [-0.2, 0) is 0 Å². The minimum Gasteiger partial charge on any atom is -0.350 e. The molecule has 1 aliphatic rings. The highest BCUT2D eigenvalue weighted by molar-refractivity contribution is 9.10. The smallest absolute Gasteiger partial charge is 0.223 e. The first-order valence-electron chi connectivity index (χ1n) is 5.04. The molecule has 0 spiro atoms. The van der Waals surface area contributed by atoms with Gasteiger partial charge in [0.25, 0.3) is 0 Å². The lowest BCUT2D eigenvalue weighted by Crippen LogP contribution is -2.25. The highest BCUT2D eigenvalue weighted by Crippen LogP contribution is 2.28. The number of anilines is 1. The molecule has 1 aromatic rings. The Hall–Kier alpha value is -0.290. The van der Waals surface area contributed by atoms with Gasteiger partial charge in [0, 0.05) is 17.5 Å². The molecule has 2 heterocycles. The van der Waals surface area contributed by atoms with E-state index in [1.54, 1.807) is 6.20 Å². The minimum atomic E-state index is 0.510. The van der Waals surface area contributed by atoms with E-state index in [2.05, 4.69) is 38.1 Å². The Kier molecular flexibility index (Phi) is 3.51. The second-order valence-corrected chi connectivity index (χ2v) is 6.08. The van der Waals surface area contributed by atoms with E-state index in [-0.39, 0.29) is 0 Å². The Bertz CT molecular complexity index is 359. The van der Waals surface area contributed by atoms with Crippen molar-refractivity contribution in [2.75, 3.05) is 11.1 Å². The Balaban J connectivity index is 2.07. The first kappa shape index (κ1) is 11.2. The molecule has 0 aromatic carbocycles. The fraction of sp³-hybridized carbons (Fsp3) is 0.600. The van der Waals surface area contributed by atoms with Gasteiger partial charge in [0.15, 0.2) is 0 Å². The lowest BCUT2D eigenvalue weighted by atomic mass is 10.2. The van der Waals surface area contributed by atoms with Crippen LogP contribution in [0.25, 0.3) is 0 Å². The minimum absolute atomic E-state index is 0.510. The van der Waals surface area contributed by atoms with E-state index in [9.17, 15) is 0 Å². The van der Waals surface area contributed by atoms with Gasteiger partial charge in [0.2, 0.25) is 5.95 Å². The molecule has 0 bridgehead atoms. The molecule has 0 amide bonds. The van der Waals surface area contributed by atoms with Gasteiger partial charge in [0.1, 0.15) is 0 Å². The van der Waals surface area contributed by atoms with E-state index in [4.69, 9.17) is 0 Å². The standard InChI is InChI=1S/C10H14BrN3S/c1-6-8(11)5-12-10(13-6)14-9-3-4-15-7(9)2/h5,7,9H,3-4H2,1-2H3,(H,12,13,14). The van der Waals surface area contributed by atoms with E-state index >= 15 is 0 Å². The molecule has 0 radical (unpaired) electrons. The highest BCUT2D eigenvalue weighted by atomic mass is 79.9. The second kappa shape index (κ2) is 4.70. The van der Waals surface area contributed by atoms with Crippen LogP contribution in [0.15, 0.2) is 10.7 Å². The summed E-state index contributed by atoms with van der Waals surface area (Å²) in [5.41, 5.74) is 0.978. The fourth-order valence-corrected chi connectivity index (χ4v) is 3.00. The summed E-state index contributed by atoms with van der Waals surface area (Å²) in [6, 6.07) is 0.510. The number of hydrogen-bond acceptors (Lipinski definition) is 4. The van der Waals surface area contributed by atoms with Crippen LogP contribution >= 0.6 is 27.7 Å². The van der Waals surface area contributed by atoms with Gasteiger partial charge in [-0.1, -0.05) is 6.92 Å². The van der Waals surface area contributed by atoms with Crippen LogP contribution in [0.4, 0.5) is 5.95 Å². The quantitative estimate of drug-likeness (QED) is 0.908. The van der Waals surface area contributed by atoms with Gasteiger partial charge >= 0.3 is 0 Å². The van der Waals surface area contributed by atoms with Crippen LogP contribution in [0.3, 0.4) is 0 Å². The van der Waals surface area contributed by atoms with Crippen LogP contribution in [0.2, 0.25) is 0 Å². The highest BCUT2D eigenvalue weighted by Gasteiger charge is 2.24. The summed E-state index contributed by atoms with van der Waals surface area (Å²) >= 11 is 5.40. The predicted molar refractivity (Wildman–Crippen MR) is 68.4 cm³/mol. The fourth-order valence-electron chi connectivity index (χ4n) is 1.61. The first-order chi connectivity index (χ1) is 7.16. The maximum atomic E-state index is 4.39. The van der Waals surface area contributed by atoms with Gasteiger partial charge in [-0.3, -0.25) is 0 Å². The van der Waals surface area contributed by atoms with Gasteiger partial charge in [-0.05, 0) is 35.0 Å². The summed E-state index contributed by atoms with van der Waals surface area (Å²) < 4.78 is 0.960. The molecular formula is C10H14BrN3S. The number of aryl methyl sites for hydroxylation is 1. The van der Waals surface area contributed by atoms with Crippen LogP contribution in [0, 0.1) is 6.92 Å². The molecule has 1 saturated heterocycles. The number of thioether (sulfide) groups is 1. The van der Waals surface area contributed by atoms with Gasteiger partial charge < -0.3 is 5.32 Å². The molecule has 2 atom stereocenters. The van der Waals surface area contributed by atoms with Gasteiger partial charge in [-0.2, -0.15) is 11.8 Å². The molecule has 0 aliphatic carbocycles. The maximum Gasteiger partial charge on any atom is 0.223 e. The molecule has 1 aliphatic heterocycles. The SMILES string of the molecule is Cc1nc(NC2CCSC2C)ncc1Br. The molecule has 15 heavy (non-hydrogen) atoms. The number of nitrogens with zero attached hydrogens (tertiary/aromatic N) is 2. The van der Waals surface area contributed by atoms with Crippen molar-refractivity contribution in [2.24, 2.45) is 0 Å². The van der Waals surface area contributed by atoms with Crippen LogP contribution in [0.1, 0.15) is 19.0 Å². The molecule has 2 rings (SSSR count). The number of hydrogen-bond donors (Lipinski definition) is 1. The van der Waals surface area contributed by atoms with Crippen molar-refractivity contribution in [2.45, 2.75) is 31.6 Å². The van der Waals surface area contributed by atoms with Crippen molar-refractivity contribution >= 4 is 33.6 Å². The zero-order valence-electron chi connectivity index (χ0n) is 8.83. The largest absolute Gasteiger partial charge is 0.350 e. The van der Waals surface area contributed by atoms with E-state index in [0.29, 0.717) is 11.3 Å². The number of rotatable bonds is 2. The normalized spacial score (nSPS) is 25.5.